The fourth-order valence-electron chi connectivity index (χ4n) is 2.73. The standard InChI is InChI=1S/C18H19N3O3S/c19-8-12-3-1-4-13(7-12)9-20-14-11-24-15(17(14)22)10-21-18(23)16-5-2-6-25-16/h1-7,14-15,17,20,22H,9-11H2,(H,21,23)/t14-,15-,17+/m1/s1. The second-order valence-corrected chi connectivity index (χ2v) is 6.80. The molecule has 2 heterocycles. The van der Waals surface area contributed by atoms with E-state index >= 15 is 0 Å². The maximum absolute atomic E-state index is 11.9. The summed E-state index contributed by atoms with van der Waals surface area (Å²) in [6.07, 6.45) is -1.14. The van der Waals surface area contributed by atoms with E-state index in [1.807, 2.05) is 29.6 Å². The average Bonchev–Trinajstić information content (AvgIpc) is 3.29. The number of aliphatic hydroxyl groups excluding tert-OH is 1. The summed E-state index contributed by atoms with van der Waals surface area (Å²) in [7, 11) is 0. The number of benzene rings is 1. The average molecular weight is 357 g/mol. The number of hydrogen-bond donors (Lipinski definition) is 3. The van der Waals surface area contributed by atoms with Crippen molar-refractivity contribution in [2.75, 3.05) is 13.2 Å². The highest BCUT2D eigenvalue weighted by Crippen LogP contribution is 2.15. The zero-order chi connectivity index (χ0) is 17.6. The summed E-state index contributed by atoms with van der Waals surface area (Å²) in [5, 5.41) is 27.2. The first-order valence-corrected chi connectivity index (χ1v) is 8.89. The predicted octanol–water partition coefficient (Wildman–Crippen LogP) is 1.27. The Morgan fingerprint density at radius 2 is 2.28 bits per heavy atom. The molecule has 1 aliphatic heterocycles. The molecule has 1 aromatic carbocycles. The van der Waals surface area contributed by atoms with Crippen LogP contribution in [-0.2, 0) is 11.3 Å². The summed E-state index contributed by atoms with van der Waals surface area (Å²) >= 11 is 1.37. The fourth-order valence-corrected chi connectivity index (χ4v) is 3.37. The molecule has 3 atom stereocenters. The van der Waals surface area contributed by atoms with Crippen molar-refractivity contribution < 1.29 is 14.6 Å². The second kappa shape index (κ2) is 8.23. The predicted molar refractivity (Wildman–Crippen MR) is 94.2 cm³/mol. The maximum Gasteiger partial charge on any atom is 0.261 e. The zero-order valence-electron chi connectivity index (χ0n) is 13.5. The number of rotatable bonds is 6. The molecule has 2 aromatic rings. The van der Waals surface area contributed by atoms with Gasteiger partial charge in [-0.05, 0) is 29.1 Å². The highest BCUT2D eigenvalue weighted by atomic mass is 32.1. The molecular weight excluding hydrogens is 338 g/mol. The highest BCUT2D eigenvalue weighted by molar-refractivity contribution is 7.12. The van der Waals surface area contributed by atoms with Crippen LogP contribution < -0.4 is 10.6 Å². The third-order valence-corrected chi connectivity index (χ3v) is 4.98. The van der Waals surface area contributed by atoms with Crippen LogP contribution in [0.2, 0.25) is 0 Å². The van der Waals surface area contributed by atoms with E-state index in [9.17, 15) is 9.90 Å². The van der Waals surface area contributed by atoms with Crippen LogP contribution in [0.15, 0.2) is 41.8 Å². The molecule has 0 saturated carbocycles. The van der Waals surface area contributed by atoms with Gasteiger partial charge in [-0.15, -0.1) is 11.3 Å². The Hall–Kier alpha value is -2.24. The van der Waals surface area contributed by atoms with E-state index in [1.165, 1.54) is 11.3 Å². The van der Waals surface area contributed by atoms with Crippen molar-refractivity contribution in [1.82, 2.24) is 10.6 Å². The van der Waals surface area contributed by atoms with E-state index in [2.05, 4.69) is 16.7 Å². The van der Waals surface area contributed by atoms with Crippen LogP contribution in [0.4, 0.5) is 0 Å². The van der Waals surface area contributed by atoms with Crippen molar-refractivity contribution in [2.24, 2.45) is 0 Å². The first-order chi connectivity index (χ1) is 12.2. The fraction of sp³-hybridized carbons (Fsp3) is 0.333. The molecule has 0 bridgehead atoms. The van der Waals surface area contributed by atoms with Gasteiger partial charge in [-0.1, -0.05) is 18.2 Å². The SMILES string of the molecule is N#Cc1cccc(CN[C@@H]2CO[C@H](CNC(=O)c3cccs3)[C@H]2O)c1. The number of carbonyl (C=O) groups excluding carboxylic acids is 1. The number of amides is 1. The normalized spacial score (nSPS) is 22.5. The van der Waals surface area contributed by atoms with E-state index in [0.717, 1.165) is 5.56 Å². The van der Waals surface area contributed by atoms with E-state index < -0.39 is 12.2 Å². The number of thiophene rings is 1. The first-order valence-electron chi connectivity index (χ1n) is 8.01. The molecule has 1 fully saturated rings. The van der Waals surface area contributed by atoms with Crippen molar-refractivity contribution in [3.05, 3.63) is 57.8 Å². The van der Waals surface area contributed by atoms with Crippen LogP contribution in [-0.4, -0.2) is 42.4 Å². The summed E-state index contributed by atoms with van der Waals surface area (Å²) in [4.78, 5) is 12.6. The molecule has 6 nitrogen and oxygen atoms in total. The van der Waals surface area contributed by atoms with Crippen LogP contribution >= 0.6 is 11.3 Å². The molecule has 25 heavy (non-hydrogen) atoms. The Kier molecular flexibility index (Phi) is 5.79. The number of nitriles is 1. The minimum Gasteiger partial charge on any atom is -0.389 e. The maximum atomic E-state index is 11.9. The Balaban J connectivity index is 1.47. The van der Waals surface area contributed by atoms with E-state index in [-0.39, 0.29) is 18.5 Å². The molecule has 0 spiro atoms. The van der Waals surface area contributed by atoms with Crippen LogP contribution in [0.1, 0.15) is 20.8 Å². The lowest BCUT2D eigenvalue weighted by Crippen LogP contribution is -2.44. The van der Waals surface area contributed by atoms with Gasteiger partial charge < -0.3 is 20.5 Å². The quantitative estimate of drug-likeness (QED) is 0.724. The topological polar surface area (TPSA) is 94.4 Å². The summed E-state index contributed by atoms with van der Waals surface area (Å²) in [6, 6.07) is 12.8. The van der Waals surface area contributed by atoms with E-state index in [1.54, 1.807) is 12.1 Å². The largest absolute Gasteiger partial charge is 0.389 e. The van der Waals surface area contributed by atoms with Gasteiger partial charge in [0, 0.05) is 13.1 Å². The van der Waals surface area contributed by atoms with Gasteiger partial charge in [-0.2, -0.15) is 5.26 Å². The zero-order valence-corrected chi connectivity index (χ0v) is 14.3. The molecule has 1 saturated heterocycles. The third kappa shape index (κ3) is 4.44. The van der Waals surface area contributed by atoms with Crippen molar-refractivity contribution in [1.29, 1.82) is 5.26 Å². The van der Waals surface area contributed by atoms with E-state index in [4.69, 9.17) is 10.00 Å². The molecule has 1 amide bonds. The number of aliphatic hydroxyl groups is 1. The summed E-state index contributed by atoms with van der Waals surface area (Å²) < 4.78 is 5.60. The van der Waals surface area contributed by atoms with Gasteiger partial charge in [0.1, 0.15) is 6.10 Å². The number of hydrogen-bond acceptors (Lipinski definition) is 6. The molecule has 3 N–H and O–H groups in total. The molecule has 0 radical (unpaired) electrons. The van der Waals surface area contributed by atoms with Gasteiger partial charge in [-0.3, -0.25) is 4.79 Å². The Morgan fingerprint density at radius 1 is 1.40 bits per heavy atom. The molecular formula is C18H19N3O3S. The lowest BCUT2D eigenvalue weighted by molar-refractivity contribution is 0.0399. The summed E-state index contributed by atoms with van der Waals surface area (Å²) in [5.74, 6) is -0.157. The molecule has 1 aromatic heterocycles. The van der Waals surface area contributed by atoms with Gasteiger partial charge in [0.15, 0.2) is 0 Å². The van der Waals surface area contributed by atoms with Crippen LogP contribution in [0, 0.1) is 11.3 Å². The molecule has 0 unspecified atom stereocenters. The van der Waals surface area contributed by atoms with Crippen molar-refractivity contribution in [3.63, 3.8) is 0 Å². The molecule has 0 aliphatic carbocycles. The minimum atomic E-state index is -0.706. The highest BCUT2D eigenvalue weighted by Gasteiger charge is 2.35. The molecule has 1 aliphatic rings. The Bertz CT molecular complexity index is 757. The number of nitrogens with one attached hydrogen (secondary N) is 2. The lowest BCUT2D eigenvalue weighted by atomic mass is 10.1. The van der Waals surface area contributed by atoms with Crippen LogP contribution in [0.5, 0.6) is 0 Å². The van der Waals surface area contributed by atoms with Crippen LogP contribution in [0.25, 0.3) is 0 Å². The third-order valence-electron chi connectivity index (χ3n) is 4.12. The smallest absolute Gasteiger partial charge is 0.261 e. The second-order valence-electron chi connectivity index (χ2n) is 5.85. The Labute approximate surface area is 150 Å². The monoisotopic (exact) mass is 357 g/mol. The van der Waals surface area contributed by atoms with Gasteiger partial charge >= 0.3 is 0 Å². The molecule has 130 valence electrons. The van der Waals surface area contributed by atoms with Gasteiger partial charge in [0.05, 0.1) is 35.3 Å². The number of carbonyl (C=O) groups is 1. The molecule has 3 rings (SSSR count). The summed E-state index contributed by atoms with van der Waals surface area (Å²) in [5.41, 5.74) is 1.58. The van der Waals surface area contributed by atoms with Crippen LogP contribution in [0.3, 0.4) is 0 Å². The summed E-state index contributed by atoms with van der Waals surface area (Å²) in [6.45, 7) is 1.17. The van der Waals surface area contributed by atoms with Crippen molar-refractivity contribution in [3.8, 4) is 6.07 Å². The first kappa shape index (κ1) is 17.6. The van der Waals surface area contributed by atoms with Crippen molar-refractivity contribution in [2.45, 2.75) is 24.8 Å². The van der Waals surface area contributed by atoms with Gasteiger partial charge in [0.25, 0.3) is 5.91 Å². The van der Waals surface area contributed by atoms with Gasteiger partial charge in [0.2, 0.25) is 0 Å². The number of ether oxygens (including phenoxy) is 1. The van der Waals surface area contributed by atoms with E-state index in [0.29, 0.717) is 23.6 Å². The molecule has 7 heteroatoms. The Morgan fingerprint density at radius 3 is 3.04 bits per heavy atom. The lowest BCUT2D eigenvalue weighted by Gasteiger charge is -2.19. The van der Waals surface area contributed by atoms with Crippen molar-refractivity contribution >= 4 is 17.2 Å². The van der Waals surface area contributed by atoms with Gasteiger partial charge in [-0.25, -0.2) is 0 Å². The number of nitrogens with zero attached hydrogens (tertiary/aromatic N) is 1. The minimum absolute atomic E-state index is 0.157.